The molecule has 1 saturated carbocycles. The first-order chi connectivity index (χ1) is 11.6. The quantitative estimate of drug-likeness (QED) is 0.816. The molecule has 4 nitrogen and oxygen atoms in total. The number of amides is 1. The van der Waals surface area contributed by atoms with Gasteiger partial charge in [0.05, 0.1) is 21.5 Å². The van der Waals surface area contributed by atoms with Crippen LogP contribution in [0.5, 0.6) is 0 Å². The van der Waals surface area contributed by atoms with Crippen molar-refractivity contribution in [3.05, 3.63) is 38.3 Å². The lowest BCUT2D eigenvalue weighted by Crippen LogP contribution is -2.38. The number of rotatable bonds is 4. The number of fused-ring (bicyclic) bond motifs is 1. The van der Waals surface area contributed by atoms with Crippen molar-refractivity contribution >= 4 is 28.8 Å². The van der Waals surface area contributed by atoms with Gasteiger partial charge in [0, 0.05) is 18.8 Å². The third kappa shape index (κ3) is 2.88. The number of aromatic nitrogens is 2. The zero-order valence-corrected chi connectivity index (χ0v) is 15.5. The van der Waals surface area contributed by atoms with Gasteiger partial charge >= 0.3 is 0 Å². The van der Waals surface area contributed by atoms with Gasteiger partial charge in [-0.3, -0.25) is 9.48 Å². The van der Waals surface area contributed by atoms with Gasteiger partial charge in [0.15, 0.2) is 0 Å². The lowest BCUT2D eigenvalue weighted by atomic mass is 10.1. The predicted molar refractivity (Wildman–Crippen MR) is 96.7 cm³/mol. The second kappa shape index (κ2) is 6.52. The van der Waals surface area contributed by atoms with E-state index in [1.807, 2.05) is 23.9 Å². The minimum absolute atomic E-state index is 0.108. The van der Waals surface area contributed by atoms with Crippen molar-refractivity contribution in [1.82, 2.24) is 14.7 Å². The molecule has 24 heavy (non-hydrogen) atoms. The minimum Gasteiger partial charge on any atom is -0.329 e. The van der Waals surface area contributed by atoms with Crippen LogP contribution in [0.25, 0.3) is 0 Å². The number of nitrogens with zero attached hydrogens (tertiary/aromatic N) is 3. The molecule has 0 spiro atoms. The SMILES string of the molecule is Cn1nc(CN(C(=O)c2ccc(Cl)s2)C2CCCC2)c2c1CCC2. The van der Waals surface area contributed by atoms with Gasteiger partial charge in [-0.05, 0) is 49.8 Å². The molecule has 1 amide bonds. The summed E-state index contributed by atoms with van der Waals surface area (Å²) in [5, 5.41) is 4.72. The van der Waals surface area contributed by atoms with Crippen LogP contribution in [-0.2, 0) is 26.4 Å². The van der Waals surface area contributed by atoms with Gasteiger partial charge in [0.1, 0.15) is 0 Å². The zero-order chi connectivity index (χ0) is 16.7. The van der Waals surface area contributed by atoms with Crippen molar-refractivity contribution in [2.45, 2.75) is 57.5 Å². The Hall–Kier alpha value is -1.33. The van der Waals surface area contributed by atoms with Crippen LogP contribution in [0, 0.1) is 0 Å². The highest BCUT2D eigenvalue weighted by molar-refractivity contribution is 7.17. The van der Waals surface area contributed by atoms with E-state index >= 15 is 0 Å². The minimum atomic E-state index is 0.108. The smallest absolute Gasteiger partial charge is 0.264 e. The molecule has 2 aromatic heterocycles. The predicted octanol–water partition coefficient (Wildman–Crippen LogP) is 4.21. The second-order valence-corrected chi connectivity index (χ2v) is 8.54. The fourth-order valence-corrected chi connectivity index (χ4v) is 5.14. The van der Waals surface area contributed by atoms with Crippen molar-refractivity contribution in [1.29, 1.82) is 0 Å². The van der Waals surface area contributed by atoms with Crippen LogP contribution < -0.4 is 0 Å². The first kappa shape index (κ1) is 16.2. The molecule has 0 aromatic carbocycles. The summed E-state index contributed by atoms with van der Waals surface area (Å²) in [4.78, 5) is 15.9. The number of carbonyl (C=O) groups excluding carboxylic acids is 1. The summed E-state index contributed by atoms with van der Waals surface area (Å²) in [6, 6.07) is 3.99. The molecule has 2 aromatic rings. The maximum absolute atomic E-state index is 13.1. The molecular weight excluding hydrogens is 342 g/mol. The maximum atomic E-state index is 13.1. The zero-order valence-electron chi connectivity index (χ0n) is 13.9. The first-order valence-corrected chi connectivity index (χ1v) is 9.93. The first-order valence-electron chi connectivity index (χ1n) is 8.73. The summed E-state index contributed by atoms with van der Waals surface area (Å²) in [5.74, 6) is 0.108. The van der Waals surface area contributed by atoms with Crippen molar-refractivity contribution in [3.8, 4) is 0 Å². The van der Waals surface area contributed by atoms with Gasteiger partial charge in [0.25, 0.3) is 5.91 Å². The monoisotopic (exact) mass is 363 g/mol. The Kier molecular flexibility index (Phi) is 4.39. The van der Waals surface area contributed by atoms with Crippen molar-refractivity contribution in [2.75, 3.05) is 0 Å². The topological polar surface area (TPSA) is 38.1 Å². The summed E-state index contributed by atoms with van der Waals surface area (Å²) >= 11 is 7.41. The molecule has 6 heteroatoms. The lowest BCUT2D eigenvalue weighted by molar-refractivity contribution is 0.0666. The summed E-state index contributed by atoms with van der Waals surface area (Å²) in [5.41, 5.74) is 3.81. The summed E-state index contributed by atoms with van der Waals surface area (Å²) in [6.07, 6.45) is 8.01. The Bertz CT molecular complexity index is 760. The maximum Gasteiger partial charge on any atom is 0.264 e. The fraction of sp³-hybridized carbons (Fsp3) is 0.556. The molecule has 2 aliphatic rings. The van der Waals surface area contributed by atoms with E-state index in [-0.39, 0.29) is 5.91 Å². The van der Waals surface area contributed by atoms with Gasteiger partial charge in [-0.25, -0.2) is 0 Å². The highest BCUT2D eigenvalue weighted by atomic mass is 35.5. The normalized spacial score (nSPS) is 17.4. The molecule has 0 saturated heterocycles. The van der Waals surface area contributed by atoms with Crippen molar-refractivity contribution in [3.63, 3.8) is 0 Å². The second-order valence-electron chi connectivity index (χ2n) is 6.82. The molecule has 128 valence electrons. The van der Waals surface area contributed by atoms with Crippen LogP contribution in [0.1, 0.15) is 58.7 Å². The average Bonchev–Trinajstić information content (AvgIpc) is 3.32. The van der Waals surface area contributed by atoms with Gasteiger partial charge in [0.2, 0.25) is 0 Å². The van der Waals surface area contributed by atoms with E-state index in [0.29, 0.717) is 16.9 Å². The molecule has 1 fully saturated rings. The molecule has 0 N–H and O–H groups in total. The molecule has 2 aliphatic carbocycles. The number of thiophene rings is 1. The lowest BCUT2D eigenvalue weighted by Gasteiger charge is -2.28. The number of carbonyl (C=O) groups is 1. The van der Waals surface area contributed by atoms with E-state index in [2.05, 4.69) is 4.90 Å². The molecule has 0 atom stereocenters. The van der Waals surface area contributed by atoms with Gasteiger partial charge < -0.3 is 4.90 Å². The number of aryl methyl sites for hydroxylation is 1. The molecule has 2 heterocycles. The van der Waals surface area contributed by atoms with E-state index in [1.54, 1.807) is 0 Å². The largest absolute Gasteiger partial charge is 0.329 e. The molecule has 0 bridgehead atoms. The van der Waals surface area contributed by atoms with Gasteiger partial charge in [-0.1, -0.05) is 24.4 Å². The van der Waals surface area contributed by atoms with Crippen molar-refractivity contribution < 1.29 is 4.79 Å². The van der Waals surface area contributed by atoms with E-state index in [4.69, 9.17) is 16.7 Å². The van der Waals surface area contributed by atoms with Crippen LogP contribution in [0.4, 0.5) is 0 Å². The number of hydrogen-bond acceptors (Lipinski definition) is 3. The highest BCUT2D eigenvalue weighted by Crippen LogP contribution is 2.31. The standard InChI is InChI=1S/C18H22ClN3OS/c1-21-15-8-4-7-13(15)14(20-21)11-22(12-5-2-3-6-12)18(23)16-9-10-17(19)24-16/h9-10,12H,2-8,11H2,1H3. The molecule has 0 radical (unpaired) electrons. The molecule has 0 unspecified atom stereocenters. The Morgan fingerprint density at radius 3 is 2.83 bits per heavy atom. The summed E-state index contributed by atoms with van der Waals surface area (Å²) in [6.45, 7) is 0.627. The molecule has 0 aliphatic heterocycles. The molecule has 4 rings (SSSR count). The van der Waals surface area contributed by atoms with E-state index < -0.39 is 0 Å². The van der Waals surface area contributed by atoms with Crippen LogP contribution in [0.2, 0.25) is 4.34 Å². The summed E-state index contributed by atoms with van der Waals surface area (Å²) in [7, 11) is 2.02. The summed E-state index contributed by atoms with van der Waals surface area (Å²) < 4.78 is 2.68. The van der Waals surface area contributed by atoms with E-state index in [0.717, 1.165) is 36.3 Å². The van der Waals surface area contributed by atoms with Crippen molar-refractivity contribution in [2.24, 2.45) is 7.05 Å². The third-order valence-corrected chi connectivity index (χ3v) is 6.55. The van der Waals surface area contributed by atoms with E-state index in [9.17, 15) is 4.79 Å². The van der Waals surface area contributed by atoms with Gasteiger partial charge in [-0.2, -0.15) is 5.10 Å². The van der Waals surface area contributed by atoms with Crippen LogP contribution in [0.3, 0.4) is 0 Å². The number of halogens is 1. The van der Waals surface area contributed by atoms with Gasteiger partial charge in [-0.15, -0.1) is 11.3 Å². The third-order valence-electron chi connectivity index (χ3n) is 5.33. The Morgan fingerprint density at radius 1 is 1.33 bits per heavy atom. The Balaban J connectivity index is 1.63. The van der Waals surface area contributed by atoms with E-state index in [1.165, 1.54) is 41.9 Å². The van der Waals surface area contributed by atoms with Crippen LogP contribution in [0.15, 0.2) is 12.1 Å². The Labute approximate surface area is 151 Å². The Morgan fingerprint density at radius 2 is 2.12 bits per heavy atom. The number of hydrogen-bond donors (Lipinski definition) is 0. The average molecular weight is 364 g/mol. The molecular formula is C18H22ClN3OS. The highest BCUT2D eigenvalue weighted by Gasteiger charge is 2.31. The van der Waals surface area contributed by atoms with Crippen LogP contribution >= 0.6 is 22.9 Å². The van der Waals surface area contributed by atoms with Crippen LogP contribution in [-0.4, -0.2) is 26.6 Å². The fourth-order valence-electron chi connectivity index (χ4n) is 4.14.